The number of hydrogen-bond donors (Lipinski definition) is 1. The summed E-state index contributed by atoms with van der Waals surface area (Å²) >= 11 is 0. The Morgan fingerprint density at radius 1 is 1.36 bits per heavy atom. The van der Waals surface area contributed by atoms with Gasteiger partial charge in [0.1, 0.15) is 0 Å². The van der Waals surface area contributed by atoms with Gasteiger partial charge in [-0.1, -0.05) is 18.2 Å². The second kappa shape index (κ2) is 5.49. The predicted octanol–water partition coefficient (Wildman–Crippen LogP) is 0.836. The van der Waals surface area contributed by atoms with E-state index in [2.05, 4.69) is 4.98 Å². The third-order valence-electron chi connectivity index (χ3n) is 4.18. The van der Waals surface area contributed by atoms with Gasteiger partial charge >= 0.3 is 0 Å². The molecule has 0 spiro atoms. The second-order valence-electron chi connectivity index (χ2n) is 5.61. The van der Waals surface area contributed by atoms with Crippen molar-refractivity contribution in [3.05, 3.63) is 47.5 Å². The lowest BCUT2D eigenvalue weighted by atomic mass is 10.1. The number of aliphatic hydroxyl groups is 1. The Hall–Kier alpha value is -1.70. The lowest BCUT2D eigenvalue weighted by molar-refractivity contribution is 0.170. The molecule has 0 saturated heterocycles. The summed E-state index contributed by atoms with van der Waals surface area (Å²) in [6, 6.07) is 6.44. The molecule has 1 N–H and O–H groups in total. The molecule has 22 heavy (non-hydrogen) atoms. The number of fused-ring (bicyclic) bond motifs is 1. The Kier molecular flexibility index (Phi) is 3.80. The third kappa shape index (κ3) is 2.35. The number of rotatable bonds is 3. The number of imidazole rings is 1. The van der Waals surface area contributed by atoms with Crippen LogP contribution in [0.25, 0.3) is 0 Å². The average Bonchev–Trinajstić information content (AvgIpc) is 2.87. The van der Waals surface area contributed by atoms with Crippen LogP contribution in [0.1, 0.15) is 17.0 Å². The molecule has 0 saturated carbocycles. The maximum atomic E-state index is 13.0. The largest absolute Gasteiger partial charge is 0.395 e. The lowest BCUT2D eigenvalue weighted by Crippen LogP contribution is -2.46. The molecule has 0 aliphatic carbocycles. The van der Waals surface area contributed by atoms with Gasteiger partial charge in [-0.3, -0.25) is 0 Å². The number of benzene rings is 1. The molecule has 6 nitrogen and oxygen atoms in total. The van der Waals surface area contributed by atoms with Gasteiger partial charge in [-0.25, -0.2) is 13.4 Å². The minimum Gasteiger partial charge on any atom is -0.395 e. The molecule has 1 aliphatic heterocycles. The van der Waals surface area contributed by atoms with Crippen LogP contribution in [0.3, 0.4) is 0 Å². The van der Waals surface area contributed by atoms with Crippen LogP contribution in [-0.4, -0.2) is 40.0 Å². The Morgan fingerprint density at radius 3 is 2.77 bits per heavy atom. The number of sulfonamides is 1. The van der Waals surface area contributed by atoms with E-state index in [-0.39, 0.29) is 18.0 Å². The van der Waals surface area contributed by atoms with Crippen molar-refractivity contribution in [1.82, 2.24) is 13.9 Å². The Morgan fingerprint density at radius 2 is 2.09 bits per heavy atom. The molecule has 0 fully saturated rings. The van der Waals surface area contributed by atoms with Crippen LogP contribution >= 0.6 is 0 Å². The van der Waals surface area contributed by atoms with Crippen molar-refractivity contribution in [2.75, 3.05) is 6.61 Å². The first-order chi connectivity index (χ1) is 10.4. The fourth-order valence-electron chi connectivity index (χ4n) is 2.91. The molecular weight excluding hydrogens is 302 g/mol. The van der Waals surface area contributed by atoms with Crippen molar-refractivity contribution in [2.45, 2.75) is 30.8 Å². The van der Waals surface area contributed by atoms with E-state index < -0.39 is 16.1 Å². The summed E-state index contributed by atoms with van der Waals surface area (Å²) in [6.07, 6.45) is 2.15. The third-order valence-corrected chi connectivity index (χ3v) is 6.24. The van der Waals surface area contributed by atoms with E-state index in [9.17, 15) is 13.5 Å². The zero-order chi connectivity index (χ0) is 15.9. The normalized spacial score (nSPS) is 19.1. The predicted molar refractivity (Wildman–Crippen MR) is 81.7 cm³/mol. The van der Waals surface area contributed by atoms with E-state index in [1.54, 1.807) is 31.5 Å². The SMILES string of the molecule is Cc1ccccc1S(=O)(=O)N1Cc2ncn(C)c2C[C@@H]1CO. The molecule has 0 radical (unpaired) electrons. The molecule has 2 aromatic rings. The lowest BCUT2D eigenvalue weighted by Gasteiger charge is -2.33. The van der Waals surface area contributed by atoms with Crippen LogP contribution in [0.4, 0.5) is 0 Å². The van der Waals surface area contributed by atoms with Gasteiger partial charge in [0.05, 0.1) is 36.1 Å². The Balaban J connectivity index is 2.05. The van der Waals surface area contributed by atoms with Gasteiger partial charge in [0.15, 0.2) is 0 Å². The highest BCUT2D eigenvalue weighted by atomic mass is 32.2. The quantitative estimate of drug-likeness (QED) is 0.909. The van der Waals surface area contributed by atoms with E-state index in [1.165, 1.54) is 4.31 Å². The molecule has 3 rings (SSSR count). The average molecular weight is 321 g/mol. The van der Waals surface area contributed by atoms with Crippen LogP contribution in [0.15, 0.2) is 35.5 Å². The van der Waals surface area contributed by atoms with Gasteiger partial charge in [-0.15, -0.1) is 0 Å². The smallest absolute Gasteiger partial charge is 0.244 e. The number of nitrogens with zero attached hydrogens (tertiary/aromatic N) is 3. The van der Waals surface area contributed by atoms with E-state index in [4.69, 9.17) is 0 Å². The molecule has 0 amide bonds. The van der Waals surface area contributed by atoms with Crippen LogP contribution in [0.5, 0.6) is 0 Å². The highest BCUT2D eigenvalue weighted by molar-refractivity contribution is 7.89. The zero-order valence-electron chi connectivity index (χ0n) is 12.6. The summed E-state index contributed by atoms with van der Waals surface area (Å²) in [4.78, 5) is 4.57. The molecule has 1 aromatic heterocycles. The first-order valence-electron chi connectivity index (χ1n) is 7.12. The minimum atomic E-state index is -3.66. The standard InChI is InChI=1S/C15H19N3O3S/c1-11-5-3-4-6-15(11)22(20,21)18-8-13-14(7-12(18)9-19)17(2)10-16-13/h3-6,10,12,19H,7-9H2,1-2H3/t12-/m1/s1. The van der Waals surface area contributed by atoms with Crippen LogP contribution < -0.4 is 0 Å². The summed E-state index contributed by atoms with van der Waals surface area (Å²) in [5.41, 5.74) is 2.44. The van der Waals surface area contributed by atoms with Crippen molar-refractivity contribution in [2.24, 2.45) is 7.05 Å². The fraction of sp³-hybridized carbons (Fsp3) is 0.400. The summed E-state index contributed by atoms with van der Waals surface area (Å²) in [5, 5.41) is 9.66. The van der Waals surface area contributed by atoms with E-state index in [0.717, 1.165) is 11.4 Å². The highest BCUT2D eigenvalue weighted by Gasteiger charge is 2.37. The molecule has 0 bridgehead atoms. The molecule has 1 atom stereocenters. The molecule has 1 aromatic carbocycles. The van der Waals surface area contributed by atoms with Gasteiger partial charge in [-0.05, 0) is 18.6 Å². The zero-order valence-corrected chi connectivity index (χ0v) is 13.4. The van der Waals surface area contributed by atoms with Gasteiger partial charge < -0.3 is 9.67 Å². The minimum absolute atomic E-state index is 0.193. The highest BCUT2D eigenvalue weighted by Crippen LogP contribution is 2.29. The van der Waals surface area contributed by atoms with Crippen molar-refractivity contribution in [1.29, 1.82) is 0 Å². The first kappa shape index (κ1) is 15.2. The summed E-state index contributed by atoms with van der Waals surface area (Å²) < 4.78 is 29.2. The first-order valence-corrected chi connectivity index (χ1v) is 8.56. The number of hydrogen-bond acceptors (Lipinski definition) is 4. The van der Waals surface area contributed by atoms with Crippen molar-refractivity contribution < 1.29 is 13.5 Å². The summed E-state index contributed by atoms with van der Waals surface area (Å²) in [5.74, 6) is 0. The molecular formula is C15H19N3O3S. The molecule has 2 heterocycles. The van der Waals surface area contributed by atoms with Crippen molar-refractivity contribution >= 4 is 10.0 Å². The Bertz CT molecular complexity index is 798. The van der Waals surface area contributed by atoms with Gasteiger partial charge in [0.25, 0.3) is 0 Å². The second-order valence-corrected chi connectivity index (χ2v) is 7.46. The summed E-state index contributed by atoms with van der Waals surface area (Å²) in [7, 11) is -1.78. The van der Waals surface area contributed by atoms with Crippen LogP contribution in [0.2, 0.25) is 0 Å². The number of aromatic nitrogens is 2. The van der Waals surface area contributed by atoms with Gasteiger partial charge in [0, 0.05) is 19.2 Å². The number of aliphatic hydroxyl groups excluding tert-OH is 1. The van der Waals surface area contributed by atoms with Crippen molar-refractivity contribution in [3.63, 3.8) is 0 Å². The van der Waals surface area contributed by atoms with E-state index in [1.807, 2.05) is 17.7 Å². The maximum absolute atomic E-state index is 13.0. The Labute approximate surface area is 130 Å². The van der Waals surface area contributed by atoms with Gasteiger partial charge in [0.2, 0.25) is 10.0 Å². The van der Waals surface area contributed by atoms with Crippen LogP contribution in [-0.2, 0) is 30.0 Å². The topological polar surface area (TPSA) is 75.4 Å². The summed E-state index contributed by atoms with van der Waals surface area (Å²) in [6.45, 7) is 1.75. The van der Waals surface area contributed by atoms with Crippen LogP contribution in [0, 0.1) is 6.92 Å². The van der Waals surface area contributed by atoms with E-state index in [0.29, 0.717) is 12.0 Å². The van der Waals surface area contributed by atoms with Gasteiger partial charge in [-0.2, -0.15) is 4.31 Å². The molecule has 0 unspecified atom stereocenters. The number of aryl methyl sites for hydroxylation is 2. The maximum Gasteiger partial charge on any atom is 0.244 e. The fourth-order valence-corrected chi connectivity index (χ4v) is 4.71. The van der Waals surface area contributed by atoms with Crippen molar-refractivity contribution in [3.8, 4) is 0 Å². The molecule has 118 valence electrons. The molecule has 7 heteroatoms. The monoisotopic (exact) mass is 321 g/mol. The molecule has 1 aliphatic rings. The van der Waals surface area contributed by atoms with E-state index >= 15 is 0 Å².